The van der Waals surface area contributed by atoms with Crippen molar-refractivity contribution >= 4 is 29.0 Å². The van der Waals surface area contributed by atoms with Crippen molar-refractivity contribution in [2.75, 3.05) is 17.2 Å². The van der Waals surface area contributed by atoms with Crippen LogP contribution in [0.1, 0.15) is 28.6 Å². The zero-order valence-electron chi connectivity index (χ0n) is 18.9. The summed E-state index contributed by atoms with van der Waals surface area (Å²) < 4.78 is 21.6. The second-order valence-electron chi connectivity index (χ2n) is 8.25. The SMILES string of the molecule is Cc1nc(C)c(C(=O)Nc2ccc(F)c(-c3cn4cc(NC(=O)[C@H]5NCC[C@@H]5O)cnc4n3)c2)o1. The van der Waals surface area contributed by atoms with Gasteiger partial charge in [-0.15, -0.1) is 0 Å². The number of benzene rings is 1. The minimum absolute atomic E-state index is 0.0835. The van der Waals surface area contributed by atoms with E-state index in [2.05, 4.69) is 30.9 Å². The van der Waals surface area contributed by atoms with E-state index in [-0.39, 0.29) is 22.9 Å². The van der Waals surface area contributed by atoms with Crippen LogP contribution in [0.4, 0.5) is 15.8 Å². The summed E-state index contributed by atoms with van der Waals surface area (Å²) in [5, 5.41) is 18.2. The minimum atomic E-state index is -0.751. The van der Waals surface area contributed by atoms with Gasteiger partial charge in [0.1, 0.15) is 11.9 Å². The Bertz CT molecular complexity index is 1450. The zero-order chi connectivity index (χ0) is 24.7. The number of oxazole rings is 1. The van der Waals surface area contributed by atoms with Crippen molar-refractivity contribution in [2.24, 2.45) is 0 Å². The van der Waals surface area contributed by atoms with Crippen molar-refractivity contribution in [3.63, 3.8) is 0 Å². The molecule has 0 unspecified atom stereocenters. The van der Waals surface area contributed by atoms with Crippen LogP contribution >= 0.6 is 0 Å². The molecule has 4 N–H and O–H groups in total. The third-order valence-corrected chi connectivity index (χ3v) is 5.66. The van der Waals surface area contributed by atoms with Crippen molar-refractivity contribution < 1.29 is 23.5 Å². The number of aliphatic hydroxyl groups is 1. The normalized spacial score (nSPS) is 17.6. The van der Waals surface area contributed by atoms with Gasteiger partial charge < -0.3 is 25.5 Å². The molecule has 3 aromatic heterocycles. The second-order valence-corrected chi connectivity index (χ2v) is 8.25. The number of aromatic nitrogens is 4. The number of fused-ring (bicyclic) bond motifs is 1. The highest BCUT2D eigenvalue weighted by atomic mass is 19.1. The Morgan fingerprint density at radius 1 is 1.20 bits per heavy atom. The summed E-state index contributed by atoms with van der Waals surface area (Å²) in [5.41, 5.74) is 1.64. The van der Waals surface area contributed by atoms with Gasteiger partial charge in [-0.25, -0.2) is 19.3 Å². The quantitative estimate of drug-likeness (QED) is 0.340. The molecular formula is C23H22FN7O4. The van der Waals surface area contributed by atoms with Gasteiger partial charge in [-0.1, -0.05) is 0 Å². The number of carbonyl (C=O) groups is 2. The molecule has 0 radical (unpaired) electrons. The van der Waals surface area contributed by atoms with E-state index in [0.29, 0.717) is 41.7 Å². The van der Waals surface area contributed by atoms with E-state index in [1.807, 2.05) is 0 Å². The molecule has 0 spiro atoms. The lowest BCUT2D eigenvalue weighted by Crippen LogP contribution is -2.42. The zero-order valence-corrected chi connectivity index (χ0v) is 18.9. The van der Waals surface area contributed by atoms with Crippen LogP contribution in [0.2, 0.25) is 0 Å². The standard InChI is InChI=1S/C23H22FN7O4/c1-11-20(35-12(2)27-11)22(34)28-13-3-4-16(24)15(7-13)17-10-31-9-14(8-26-23(31)30-17)29-21(33)19-18(32)5-6-25-19/h3-4,7-10,18-19,25,32H,5-6H2,1-2H3,(H,28,34)(H,29,33)/t18-,19-/m0/s1. The summed E-state index contributed by atoms with van der Waals surface area (Å²) in [4.78, 5) is 37.6. The maximum Gasteiger partial charge on any atom is 0.293 e. The Hall–Kier alpha value is -4.16. The van der Waals surface area contributed by atoms with Crippen molar-refractivity contribution in [3.8, 4) is 11.3 Å². The predicted molar refractivity (Wildman–Crippen MR) is 123 cm³/mol. The van der Waals surface area contributed by atoms with Gasteiger partial charge in [-0.2, -0.15) is 0 Å². The molecule has 4 heterocycles. The van der Waals surface area contributed by atoms with E-state index < -0.39 is 23.9 Å². The summed E-state index contributed by atoms with van der Waals surface area (Å²) >= 11 is 0. The Balaban J connectivity index is 1.38. The Morgan fingerprint density at radius 2 is 2.03 bits per heavy atom. The van der Waals surface area contributed by atoms with E-state index in [1.165, 1.54) is 24.4 Å². The minimum Gasteiger partial charge on any atom is -0.436 e. The molecule has 4 aromatic rings. The Labute approximate surface area is 198 Å². The van der Waals surface area contributed by atoms with Gasteiger partial charge >= 0.3 is 0 Å². The number of amides is 2. The van der Waals surface area contributed by atoms with E-state index in [4.69, 9.17) is 4.42 Å². The number of hydrogen-bond donors (Lipinski definition) is 4. The number of nitrogens with one attached hydrogen (secondary N) is 3. The van der Waals surface area contributed by atoms with Gasteiger partial charge in [0, 0.05) is 30.6 Å². The third kappa shape index (κ3) is 4.48. The highest BCUT2D eigenvalue weighted by Gasteiger charge is 2.31. The molecule has 0 saturated carbocycles. The van der Waals surface area contributed by atoms with Crippen LogP contribution in [0.3, 0.4) is 0 Å². The first kappa shape index (κ1) is 22.6. The molecule has 1 fully saturated rings. The molecule has 2 amide bonds. The predicted octanol–water partition coefficient (Wildman–Crippen LogP) is 2.05. The highest BCUT2D eigenvalue weighted by molar-refractivity contribution is 6.03. The van der Waals surface area contributed by atoms with Crippen LogP contribution in [-0.4, -0.2) is 55.0 Å². The summed E-state index contributed by atoms with van der Waals surface area (Å²) in [6, 6.07) is 3.43. The molecule has 1 aliphatic heterocycles. The molecule has 1 saturated heterocycles. The Kier molecular flexibility index (Phi) is 5.75. The largest absolute Gasteiger partial charge is 0.436 e. The molecule has 12 heteroatoms. The molecule has 1 aromatic carbocycles. The van der Waals surface area contributed by atoms with Crippen molar-refractivity contribution in [1.82, 2.24) is 24.7 Å². The number of carbonyl (C=O) groups excluding carboxylic acids is 2. The number of aryl methyl sites for hydroxylation is 2. The number of aliphatic hydroxyl groups excluding tert-OH is 1. The molecule has 1 aliphatic rings. The lowest BCUT2D eigenvalue weighted by atomic mass is 10.1. The average molecular weight is 479 g/mol. The molecule has 2 atom stereocenters. The van der Waals surface area contributed by atoms with Crippen LogP contribution in [0.5, 0.6) is 0 Å². The molecule has 0 bridgehead atoms. The molecule has 5 rings (SSSR count). The lowest BCUT2D eigenvalue weighted by Gasteiger charge is -2.14. The summed E-state index contributed by atoms with van der Waals surface area (Å²) in [7, 11) is 0. The van der Waals surface area contributed by atoms with Crippen LogP contribution < -0.4 is 16.0 Å². The number of nitrogens with zero attached hydrogens (tertiary/aromatic N) is 4. The smallest absolute Gasteiger partial charge is 0.293 e. The Morgan fingerprint density at radius 3 is 2.74 bits per heavy atom. The summed E-state index contributed by atoms with van der Waals surface area (Å²) in [6.45, 7) is 3.86. The van der Waals surface area contributed by atoms with E-state index >= 15 is 0 Å². The third-order valence-electron chi connectivity index (χ3n) is 5.66. The number of halogens is 1. The van der Waals surface area contributed by atoms with Gasteiger partial charge in [-0.05, 0) is 38.1 Å². The first-order valence-electron chi connectivity index (χ1n) is 10.9. The number of anilines is 2. The summed E-state index contributed by atoms with van der Waals surface area (Å²) in [6.07, 6.45) is 4.34. The maximum atomic E-state index is 14.7. The number of hydrogen-bond acceptors (Lipinski definition) is 8. The monoisotopic (exact) mass is 479 g/mol. The van der Waals surface area contributed by atoms with Crippen molar-refractivity contribution in [2.45, 2.75) is 32.4 Å². The van der Waals surface area contributed by atoms with E-state index in [9.17, 15) is 19.1 Å². The second kappa shape index (κ2) is 8.89. The average Bonchev–Trinajstić information content (AvgIpc) is 3.52. The van der Waals surface area contributed by atoms with Crippen LogP contribution in [0.15, 0.2) is 41.2 Å². The van der Waals surface area contributed by atoms with Gasteiger partial charge in [0.2, 0.25) is 17.4 Å². The maximum absolute atomic E-state index is 14.7. The number of rotatable bonds is 5. The molecule has 0 aliphatic carbocycles. The lowest BCUT2D eigenvalue weighted by molar-refractivity contribution is -0.119. The highest BCUT2D eigenvalue weighted by Crippen LogP contribution is 2.26. The van der Waals surface area contributed by atoms with Gasteiger partial charge in [-0.3, -0.25) is 14.0 Å². The molecular weight excluding hydrogens is 457 g/mol. The van der Waals surface area contributed by atoms with Crippen LogP contribution in [-0.2, 0) is 4.79 Å². The fraction of sp³-hybridized carbons (Fsp3) is 0.261. The van der Waals surface area contributed by atoms with Crippen molar-refractivity contribution in [1.29, 1.82) is 0 Å². The van der Waals surface area contributed by atoms with E-state index in [0.717, 1.165) is 0 Å². The van der Waals surface area contributed by atoms with E-state index in [1.54, 1.807) is 30.6 Å². The van der Waals surface area contributed by atoms with Crippen molar-refractivity contribution in [3.05, 3.63) is 60.0 Å². The van der Waals surface area contributed by atoms with Gasteiger partial charge in [0.15, 0.2) is 5.89 Å². The molecule has 180 valence electrons. The molecule has 35 heavy (non-hydrogen) atoms. The fourth-order valence-corrected chi connectivity index (χ4v) is 3.99. The van der Waals surface area contributed by atoms with Gasteiger partial charge in [0.05, 0.1) is 29.4 Å². The first-order valence-corrected chi connectivity index (χ1v) is 10.9. The molecule has 11 nitrogen and oxygen atoms in total. The number of imidazole rings is 1. The topological polar surface area (TPSA) is 147 Å². The summed E-state index contributed by atoms with van der Waals surface area (Å²) in [5.74, 6) is -0.662. The van der Waals surface area contributed by atoms with Gasteiger partial charge in [0.25, 0.3) is 5.91 Å². The first-order chi connectivity index (χ1) is 16.8. The van der Waals surface area contributed by atoms with Crippen LogP contribution in [0.25, 0.3) is 17.0 Å². The fourth-order valence-electron chi connectivity index (χ4n) is 3.99. The van der Waals surface area contributed by atoms with Crippen LogP contribution in [0, 0.1) is 19.7 Å².